The lowest BCUT2D eigenvalue weighted by Crippen LogP contribution is -2.38. The molecule has 2 aromatic rings. The molecule has 0 saturated carbocycles. The van der Waals surface area contributed by atoms with Crippen LogP contribution < -0.4 is 4.90 Å². The largest absolute Gasteiger partial charge is 0.301 e. The highest BCUT2D eigenvalue weighted by atomic mass is 35.5. The summed E-state index contributed by atoms with van der Waals surface area (Å²) in [5, 5.41) is 0.250. The van der Waals surface area contributed by atoms with Gasteiger partial charge in [-0.25, -0.2) is 4.39 Å². The number of halogens is 2. The maximum absolute atomic E-state index is 14.2. The van der Waals surface area contributed by atoms with Crippen molar-refractivity contribution in [2.24, 2.45) is 0 Å². The molecular formula is C18H13ClFNO2. The van der Waals surface area contributed by atoms with Gasteiger partial charge in [-0.2, -0.15) is 0 Å². The fourth-order valence-electron chi connectivity index (χ4n) is 2.72. The second-order valence-electron chi connectivity index (χ2n) is 5.27. The summed E-state index contributed by atoms with van der Waals surface area (Å²) in [6, 6.07) is 8.99. The summed E-state index contributed by atoms with van der Waals surface area (Å²) in [6.07, 6.45) is 4.11. The molecule has 3 rings (SSSR count). The lowest BCUT2D eigenvalue weighted by molar-refractivity contribution is 0.0979. The van der Waals surface area contributed by atoms with Crippen LogP contribution in [0.15, 0.2) is 42.5 Å². The molecule has 1 heterocycles. The Bertz CT molecular complexity index is 832. The highest BCUT2D eigenvalue weighted by molar-refractivity contribution is 6.33. The molecule has 23 heavy (non-hydrogen) atoms. The van der Waals surface area contributed by atoms with Crippen LogP contribution in [-0.4, -0.2) is 18.2 Å². The van der Waals surface area contributed by atoms with E-state index < -0.39 is 11.7 Å². The van der Waals surface area contributed by atoms with E-state index >= 15 is 0 Å². The number of carbonyl (C=O) groups excluding carboxylic acids is 2. The second-order valence-corrected chi connectivity index (χ2v) is 5.68. The van der Waals surface area contributed by atoms with E-state index in [1.165, 1.54) is 11.0 Å². The summed E-state index contributed by atoms with van der Waals surface area (Å²) < 4.78 is 14.2. The fourth-order valence-corrected chi connectivity index (χ4v) is 2.93. The van der Waals surface area contributed by atoms with Crippen LogP contribution in [0.25, 0.3) is 6.08 Å². The summed E-state index contributed by atoms with van der Waals surface area (Å²) in [6.45, 7) is 1.80. The lowest BCUT2D eigenvalue weighted by Gasteiger charge is -2.28. The van der Waals surface area contributed by atoms with E-state index in [-0.39, 0.29) is 22.2 Å². The molecule has 0 N–H and O–H groups in total. The Morgan fingerprint density at radius 1 is 1.22 bits per heavy atom. The molecule has 1 amide bonds. The summed E-state index contributed by atoms with van der Waals surface area (Å²) in [4.78, 5) is 25.7. The SMILES string of the molecule is C[C@H]1C=Cc2cccc(F)c2C(=O)N1c1cccc(Cl)c1C=O. The minimum atomic E-state index is -0.592. The van der Waals surface area contributed by atoms with Crippen molar-refractivity contribution in [2.75, 3.05) is 4.90 Å². The molecule has 0 bridgehead atoms. The van der Waals surface area contributed by atoms with Crippen LogP contribution in [0.2, 0.25) is 5.02 Å². The number of aldehydes is 1. The number of amides is 1. The van der Waals surface area contributed by atoms with Crippen LogP contribution in [0.5, 0.6) is 0 Å². The van der Waals surface area contributed by atoms with Gasteiger partial charge in [0.2, 0.25) is 0 Å². The molecule has 0 unspecified atom stereocenters. The van der Waals surface area contributed by atoms with Gasteiger partial charge in [-0.05, 0) is 30.7 Å². The van der Waals surface area contributed by atoms with Gasteiger partial charge in [-0.1, -0.05) is 42.0 Å². The normalized spacial score (nSPS) is 16.9. The third-order valence-corrected chi connectivity index (χ3v) is 4.18. The first kappa shape index (κ1) is 15.4. The van der Waals surface area contributed by atoms with Crippen LogP contribution in [0.3, 0.4) is 0 Å². The van der Waals surface area contributed by atoms with Gasteiger partial charge in [0.15, 0.2) is 6.29 Å². The predicted octanol–water partition coefficient (Wildman–Crippen LogP) is 4.35. The Balaban J connectivity index is 2.23. The van der Waals surface area contributed by atoms with Gasteiger partial charge in [0.1, 0.15) is 5.82 Å². The molecule has 1 aliphatic rings. The first-order valence-corrected chi connectivity index (χ1v) is 7.46. The third-order valence-electron chi connectivity index (χ3n) is 3.85. The Morgan fingerprint density at radius 3 is 2.70 bits per heavy atom. The van der Waals surface area contributed by atoms with Gasteiger partial charge >= 0.3 is 0 Å². The Labute approximate surface area is 138 Å². The van der Waals surface area contributed by atoms with Gasteiger partial charge in [-0.3, -0.25) is 9.59 Å². The smallest absolute Gasteiger partial charge is 0.262 e. The molecule has 0 radical (unpaired) electrons. The number of hydrogen-bond acceptors (Lipinski definition) is 2. The molecule has 0 aromatic heterocycles. The number of anilines is 1. The monoisotopic (exact) mass is 329 g/mol. The quantitative estimate of drug-likeness (QED) is 0.768. The first-order valence-electron chi connectivity index (χ1n) is 7.08. The molecule has 0 aliphatic carbocycles. The van der Waals surface area contributed by atoms with Gasteiger partial charge < -0.3 is 4.90 Å². The average Bonchev–Trinajstić information content (AvgIpc) is 2.65. The number of rotatable bonds is 2. The van der Waals surface area contributed by atoms with Crippen LogP contribution in [0.4, 0.5) is 10.1 Å². The average molecular weight is 330 g/mol. The zero-order valence-electron chi connectivity index (χ0n) is 12.3. The predicted molar refractivity (Wildman–Crippen MR) is 88.5 cm³/mol. The number of fused-ring (bicyclic) bond motifs is 1. The number of nitrogens with zero attached hydrogens (tertiary/aromatic N) is 1. The van der Waals surface area contributed by atoms with Crippen LogP contribution in [0.1, 0.15) is 33.2 Å². The molecule has 2 aromatic carbocycles. The van der Waals surface area contributed by atoms with E-state index in [0.717, 1.165) is 0 Å². The summed E-state index contributed by atoms with van der Waals surface area (Å²) >= 11 is 6.06. The zero-order chi connectivity index (χ0) is 16.6. The Morgan fingerprint density at radius 2 is 1.96 bits per heavy atom. The van der Waals surface area contributed by atoms with Gasteiger partial charge in [0.05, 0.1) is 27.9 Å². The van der Waals surface area contributed by atoms with E-state index in [1.807, 2.05) is 0 Å². The van der Waals surface area contributed by atoms with Crippen molar-refractivity contribution in [1.29, 1.82) is 0 Å². The molecule has 1 aliphatic heterocycles. The number of hydrogen-bond donors (Lipinski definition) is 0. The second kappa shape index (κ2) is 5.97. The molecule has 1 atom stereocenters. The lowest BCUT2D eigenvalue weighted by atomic mass is 10.1. The van der Waals surface area contributed by atoms with Crippen molar-refractivity contribution in [1.82, 2.24) is 0 Å². The van der Waals surface area contributed by atoms with E-state index in [0.29, 0.717) is 17.5 Å². The van der Waals surface area contributed by atoms with Crippen molar-refractivity contribution in [3.63, 3.8) is 0 Å². The van der Waals surface area contributed by atoms with E-state index in [2.05, 4.69) is 0 Å². The number of carbonyl (C=O) groups is 2. The molecule has 116 valence electrons. The van der Waals surface area contributed by atoms with Crippen molar-refractivity contribution in [3.05, 3.63) is 70.0 Å². The van der Waals surface area contributed by atoms with E-state index in [4.69, 9.17) is 11.6 Å². The summed E-state index contributed by atoms with van der Waals surface area (Å²) in [5.41, 5.74) is 1.08. The van der Waals surface area contributed by atoms with Crippen molar-refractivity contribution in [2.45, 2.75) is 13.0 Å². The summed E-state index contributed by atoms with van der Waals surface area (Å²) in [5.74, 6) is -1.09. The standard InChI is InChI=1S/C18H13ClFNO2/c1-11-8-9-12-4-2-6-15(20)17(12)18(23)21(11)16-7-3-5-14(19)13(16)10-22/h2-11H,1H3/t11-/m0/s1. The van der Waals surface area contributed by atoms with Crippen molar-refractivity contribution >= 4 is 35.6 Å². The summed E-state index contributed by atoms with van der Waals surface area (Å²) in [7, 11) is 0. The van der Waals surface area contributed by atoms with Crippen molar-refractivity contribution in [3.8, 4) is 0 Å². The highest BCUT2D eigenvalue weighted by Gasteiger charge is 2.30. The van der Waals surface area contributed by atoms with Gasteiger partial charge in [0, 0.05) is 0 Å². The molecule has 0 saturated heterocycles. The zero-order valence-corrected chi connectivity index (χ0v) is 13.0. The minimum Gasteiger partial charge on any atom is -0.301 e. The van der Waals surface area contributed by atoms with Crippen molar-refractivity contribution < 1.29 is 14.0 Å². The minimum absolute atomic E-state index is 0.00933. The maximum atomic E-state index is 14.2. The Hall–Kier alpha value is -2.46. The van der Waals surface area contributed by atoms with Gasteiger partial charge in [-0.15, -0.1) is 0 Å². The topological polar surface area (TPSA) is 37.4 Å². The fraction of sp³-hybridized carbons (Fsp3) is 0.111. The number of benzene rings is 2. The Kier molecular flexibility index (Phi) is 4.01. The molecule has 0 fully saturated rings. The van der Waals surface area contributed by atoms with Crippen LogP contribution in [0, 0.1) is 5.82 Å². The first-order chi connectivity index (χ1) is 11.0. The maximum Gasteiger partial charge on any atom is 0.262 e. The van der Waals surface area contributed by atoms with Crippen LogP contribution in [-0.2, 0) is 0 Å². The third kappa shape index (κ3) is 2.55. The van der Waals surface area contributed by atoms with E-state index in [9.17, 15) is 14.0 Å². The highest BCUT2D eigenvalue weighted by Crippen LogP contribution is 2.32. The van der Waals surface area contributed by atoms with Gasteiger partial charge in [0.25, 0.3) is 5.91 Å². The van der Waals surface area contributed by atoms with E-state index in [1.54, 1.807) is 49.4 Å². The molecular weight excluding hydrogens is 317 g/mol. The molecule has 3 nitrogen and oxygen atoms in total. The molecule has 0 spiro atoms. The van der Waals surface area contributed by atoms with Crippen LogP contribution >= 0.6 is 11.6 Å². The molecule has 5 heteroatoms.